The Bertz CT molecular complexity index is 585. The topological polar surface area (TPSA) is 78.0 Å². The van der Waals surface area contributed by atoms with Gasteiger partial charge < -0.3 is 20.7 Å². The molecule has 1 unspecified atom stereocenters. The molecule has 0 radical (unpaired) electrons. The van der Waals surface area contributed by atoms with Gasteiger partial charge in [0.05, 0.1) is 24.6 Å². The summed E-state index contributed by atoms with van der Waals surface area (Å²) in [5, 5.41) is 11.6. The Morgan fingerprint density at radius 1 is 1.25 bits per heavy atom. The third-order valence-corrected chi connectivity index (χ3v) is 5.61. The molecule has 8 heteroatoms. The van der Waals surface area contributed by atoms with Crippen LogP contribution >= 0.6 is 11.3 Å². The Balaban J connectivity index is 1.74. The van der Waals surface area contributed by atoms with Crippen LogP contribution in [0.5, 0.6) is 0 Å². The number of amides is 1. The average molecular weight is 410 g/mol. The SMILES string of the molecule is CCNC(=NCC(C(C)C)N1CCOCC1)NCCCNC(=O)c1cccs1. The molecular weight excluding hydrogens is 374 g/mol. The molecule has 1 aliphatic heterocycles. The van der Waals surface area contributed by atoms with Crippen molar-refractivity contribution >= 4 is 23.2 Å². The Kier molecular flexibility index (Phi) is 10.3. The van der Waals surface area contributed by atoms with E-state index in [1.54, 1.807) is 0 Å². The molecule has 0 bridgehead atoms. The van der Waals surface area contributed by atoms with E-state index in [2.05, 4.69) is 41.6 Å². The van der Waals surface area contributed by atoms with E-state index in [0.29, 0.717) is 18.5 Å². The van der Waals surface area contributed by atoms with E-state index in [9.17, 15) is 4.79 Å². The molecule has 1 fully saturated rings. The molecule has 7 nitrogen and oxygen atoms in total. The van der Waals surface area contributed by atoms with Gasteiger partial charge in [-0.05, 0) is 30.7 Å². The summed E-state index contributed by atoms with van der Waals surface area (Å²) in [6.07, 6.45) is 0.846. The van der Waals surface area contributed by atoms with Crippen LogP contribution in [-0.2, 0) is 4.74 Å². The van der Waals surface area contributed by atoms with Crippen LogP contribution in [0, 0.1) is 5.92 Å². The highest BCUT2D eigenvalue weighted by atomic mass is 32.1. The fourth-order valence-corrected chi connectivity index (χ4v) is 3.82. The summed E-state index contributed by atoms with van der Waals surface area (Å²) in [6, 6.07) is 4.15. The zero-order valence-corrected chi connectivity index (χ0v) is 18.2. The summed E-state index contributed by atoms with van der Waals surface area (Å²) in [7, 11) is 0. The number of carbonyl (C=O) groups excluding carboxylic acids is 1. The first-order chi connectivity index (χ1) is 13.6. The standard InChI is InChI=1S/C20H35N5O2S/c1-4-21-20(23-9-6-8-22-19(26)18-7-5-14-28-18)24-15-17(16(2)3)25-10-12-27-13-11-25/h5,7,14,16-17H,4,6,8-13,15H2,1-3H3,(H,22,26)(H2,21,23,24). The van der Waals surface area contributed by atoms with Crippen molar-refractivity contribution < 1.29 is 9.53 Å². The molecule has 0 aromatic carbocycles. The second kappa shape index (κ2) is 12.7. The van der Waals surface area contributed by atoms with Crippen molar-refractivity contribution in [2.24, 2.45) is 10.9 Å². The molecule has 3 N–H and O–H groups in total. The number of morpholine rings is 1. The van der Waals surface area contributed by atoms with E-state index >= 15 is 0 Å². The molecule has 1 aliphatic rings. The van der Waals surface area contributed by atoms with Crippen LogP contribution in [-0.4, -0.2) is 75.3 Å². The Morgan fingerprint density at radius 2 is 2.00 bits per heavy atom. The van der Waals surface area contributed by atoms with Crippen LogP contribution in [0.25, 0.3) is 0 Å². The van der Waals surface area contributed by atoms with Gasteiger partial charge in [0.2, 0.25) is 0 Å². The van der Waals surface area contributed by atoms with Gasteiger partial charge in [-0.15, -0.1) is 11.3 Å². The van der Waals surface area contributed by atoms with Crippen molar-refractivity contribution in [3.63, 3.8) is 0 Å². The van der Waals surface area contributed by atoms with Crippen molar-refractivity contribution in [3.8, 4) is 0 Å². The number of nitrogens with one attached hydrogen (secondary N) is 3. The zero-order chi connectivity index (χ0) is 20.2. The summed E-state index contributed by atoms with van der Waals surface area (Å²) in [5.41, 5.74) is 0. The van der Waals surface area contributed by atoms with Gasteiger partial charge in [-0.2, -0.15) is 0 Å². The van der Waals surface area contributed by atoms with Gasteiger partial charge >= 0.3 is 0 Å². The molecule has 0 saturated carbocycles. The summed E-state index contributed by atoms with van der Waals surface area (Å²) in [5.74, 6) is 1.38. The van der Waals surface area contributed by atoms with Gasteiger partial charge in [-0.1, -0.05) is 19.9 Å². The molecule has 1 atom stereocenters. The number of nitrogens with zero attached hydrogens (tertiary/aromatic N) is 2. The van der Waals surface area contributed by atoms with E-state index in [1.165, 1.54) is 11.3 Å². The van der Waals surface area contributed by atoms with Gasteiger partial charge in [0.15, 0.2) is 5.96 Å². The van der Waals surface area contributed by atoms with E-state index in [4.69, 9.17) is 9.73 Å². The average Bonchev–Trinajstić information content (AvgIpc) is 3.23. The van der Waals surface area contributed by atoms with Crippen LogP contribution in [0.15, 0.2) is 22.5 Å². The van der Waals surface area contributed by atoms with Crippen molar-refractivity contribution in [1.82, 2.24) is 20.9 Å². The molecule has 1 amide bonds. The highest BCUT2D eigenvalue weighted by Crippen LogP contribution is 2.13. The Labute approximate surface area is 172 Å². The van der Waals surface area contributed by atoms with Crippen LogP contribution in [0.1, 0.15) is 36.9 Å². The van der Waals surface area contributed by atoms with Gasteiger partial charge in [-0.3, -0.25) is 14.7 Å². The molecule has 0 aliphatic carbocycles. The van der Waals surface area contributed by atoms with E-state index in [0.717, 1.165) is 63.2 Å². The second-order valence-corrected chi connectivity index (χ2v) is 8.14. The first-order valence-corrected chi connectivity index (χ1v) is 11.2. The predicted molar refractivity (Wildman–Crippen MR) is 116 cm³/mol. The molecule has 2 heterocycles. The molecule has 1 aromatic heterocycles. The normalized spacial score (nSPS) is 16.8. The quantitative estimate of drug-likeness (QED) is 0.312. The number of hydrogen-bond acceptors (Lipinski definition) is 5. The molecule has 28 heavy (non-hydrogen) atoms. The monoisotopic (exact) mass is 409 g/mol. The Hall–Kier alpha value is -1.64. The third kappa shape index (κ3) is 7.77. The maximum absolute atomic E-state index is 11.9. The minimum Gasteiger partial charge on any atom is -0.379 e. The molecule has 0 spiro atoms. The largest absolute Gasteiger partial charge is 0.379 e. The predicted octanol–water partition coefficient (Wildman–Crippen LogP) is 1.78. The van der Waals surface area contributed by atoms with Gasteiger partial charge in [-0.25, -0.2) is 0 Å². The van der Waals surface area contributed by atoms with Crippen molar-refractivity contribution in [2.75, 3.05) is 52.5 Å². The molecule has 158 valence electrons. The minimum absolute atomic E-state index is 0.000796. The van der Waals surface area contributed by atoms with E-state index in [1.807, 2.05) is 17.5 Å². The lowest BCUT2D eigenvalue weighted by Gasteiger charge is -2.36. The number of hydrogen-bond donors (Lipinski definition) is 3. The fourth-order valence-electron chi connectivity index (χ4n) is 3.18. The zero-order valence-electron chi connectivity index (χ0n) is 17.4. The number of carbonyl (C=O) groups is 1. The lowest BCUT2D eigenvalue weighted by atomic mass is 10.0. The minimum atomic E-state index is 0.000796. The molecular formula is C20H35N5O2S. The van der Waals surface area contributed by atoms with Gasteiger partial charge in [0.25, 0.3) is 5.91 Å². The second-order valence-electron chi connectivity index (χ2n) is 7.19. The first kappa shape index (κ1) is 22.6. The summed E-state index contributed by atoms with van der Waals surface area (Å²) in [4.78, 5) is 20.0. The number of guanidine groups is 1. The maximum atomic E-state index is 11.9. The first-order valence-electron chi connectivity index (χ1n) is 10.3. The van der Waals surface area contributed by atoms with Crippen molar-refractivity contribution in [3.05, 3.63) is 22.4 Å². The lowest BCUT2D eigenvalue weighted by molar-refractivity contribution is 0.00867. The number of ether oxygens (including phenoxy) is 1. The highest BCUT2D eigenvalue weighted by Gasteiger charge is 2.23. The van der Waals surface area contributed by atoms with Gasteiger partial charge in [0.1, 0.15) is 0 Å². The van der Waals surface area contributed by atoms with Crippen LogP contribution < -0.4 is 16.0 Å². The number of thiophene rings is 1. The molecule has 1 aromatic rings. The fraction of sp³-hybridized carbons (Fsp3) is 0.700. The summed E-state index contributed by atoms with van der Waals surface area (Å²) >= 11 is 1.46. The third-order valence-electron chi connectivity index (χ3n) is 4.74. The number of rotatable bonds is 10. The molecule has 2 rings (SSSR count). The molecule has 1 saturated heterocycles. The number of aliphatic imine (C=N–C) groups is 1. The summed E-state index contributed by atoms with van der Waals surface area (Å²) < 4.78 is 5.48. The Morgan fingerprint density at radius 3 is 2.64 bits per heavy atom. The maximum Gasteiger partial charge on any atom is 0.261 e. The summed E-state index contributed by atoms with van der Waals surface area (Å²) in [6.45, 7) is 13.2. The lowest BCUT2D eigenvalue weighted by Crippen LogP contribution is -2.48. The van der Waals surface area contributed by atoms with Crippen molar-refractivity contribution in [2.45, 2.75) is 33.2 Å². The van der Waals surface area contributed by atoms with Gasteiger partial charge in [0, 0.05) is 38.8 Å². The van der Waals surface area contributed by atoms with E-state index in [-0.39, 0.29) is 5.91 Å². The smallest absolute Gasteiger partial charge is 0.261 e. The highest BCUT2D eigenvalue weighted by molar-refractivity contribution is 7.12. The van der Waals surface area contributed by atoms with Crippen LogP contribution in [0.2, 0.25) is 0 Å². The van der Waals surface area contributed by atoms with Crippen molar-refractivity contribution in [1.29, 1.82) is 0 Å². The van der Waals surface area contributed by atoms with E-state index < -0.39 is 0 Å². The van der Waals surface area contributed by atoms with Crippen LogP contribution in [0.4, 0.5) is 0 Å². The van der Waals surface area contributed by atoms with Crippen LogP contribution in [0.3, 0.4) is 0 Å².